The van der Waals surface area contributed by atoms with E-state index in [4.69, 9.17) is 4.74 Å². The summed E-state index contributed by atoms with van der Waals surface area (Å²) in [7, 11) is 0. The highest BCUT2D eigenvalue weighted by Gasteiger charge is 2.45. The van der Waals surface area contributed by atoms with Gasteiger partial charge in [0.05, 0.1) is 11.1 Å². The van der Waals surface area contributed by atoms with Gasteiger partial charge in [-0.25, -0.2) is 0 Å². The summed E-state index contributed by atoms with van der Waals surface area (Å²) < 4.78 is 6.08. The summed E-state index contributed by atoms with van der Waals surface area (Å²) in [5, 5.41) is 2.20. The molecule has 1 N–H and O–H groups in total. The van der Waals surface area contributed by atoms with Gasteiger partial charge in [-0.05, 0) is 51.4 Å². The van der Waals surface area contributed by atoms with Crippen molar-refractivity contribution in [3.63, 3.8) is 0 Å². The van der Waals surface area contributed by atoms with Crippen LogP contribution in [0.3, 0.4) is 0 Å². The monoisotopic (exact) mass is 427 g/mol. The van der Waals surface area contributed by atoms with E-state index in [-0.39, 0.29) is 36.0 Å². The van der Waals surface area contributed by atoms with Crippen LogP contribution in [0.5, 0.6) is 5.75 Å². The molecule has 3 aliphatic rings. The van der Waals surface area contributed by atoms with Gasteiger partial charge in [0.25, 0.3) is 11.8 Å². The second-order valence-corrected chi connectivity index (χ2v) is 8.85. The number of hydrogen-bond acceptors (Lipinski definition) is 6. The Morgan fingerprint density at radius 1 is 1.13 bits per heavy atom. The van der Waals surface area contributed by atoms with E-state index in [9.17, 15) is 19.2 Å². The standard InChI is InChI=1S/C23H29N3O5/c1-4-9-25(13(2)3)14-10-16(11-14)31-15-5-6-17-18(12-15)23(30)26(22(17)29)19-7-8-20(27)24-21(19)28/h5-6,12-14,16,19H,4,7-11H2,1-3H3,(H,24,27,28). The third-order valence-corrected chi connectivity index (χ3v) is 6.40. The zero-order chi connectivity index (χ0) is 22.3. The molecule has 1 saturated carbocycles. The molecule has 166 valence electrons. The van der Waals surface area contributed by atoms with Crippen LogP contribution < -0.4 is 10.1 Å². The van der Waals surface area contributed by atoms with E-state index in [1.54, 1.807) is 18.2 Å². The van der Waals surface area contributed by atoms with Crippen LogP contribution >= 0.6 is 0 Å². The van der Waals surface area contributed by atoms with Crippen molar-refractivity contribution in [2.45, 2.75) is 77.1 Å². The van der Waals surface area contributed by atoms with Gasteiger partial charge in [0.15, 0.2) is 0 Å². The van der Waals surface area contributed by atoms with Crippen molar-refractivity contribution in [2.75, 3.05) is 6.54 Å². The molecule has 2 heterocycles. The summed E-state index contributed by atoms with van der Waals surface area (Å²) in [6, 6.07) is 4.93. The lowest BCUT2D eigenvalue weighted by Gasteiger charge is -2.44. The predicted octanol–water partition coefficient (Wildman–Crippen LogP) is 2.12. The van der Waals surface area contributed by atoms with Crippen molar-refractivity contribution >= 4 is 23.6 Å². The Bertz CT molecular complexity index is 922. The molecule has 1 unspecified atom stereocenters. The van der Waals surface area contributed by atoms with Crippen LogP contribution in [-0.2, 0) is 9.59 Å². The van der Waals surface area contributed by atoms with E-state index in [1.807, 2.05) is 0 Å². The highest BCUT2D eigenvalue weighted by atomic mass is 16.5. The van der Waals surface area contributed by atoms with E-state index in [0.29, 0.717) is 17.8 Å². The second-order valence-electron chi connectivity index (χ2n) is 8.85. The normalized spacial score (nSPS) is 25.7. The number of amides is 4. The van der Waals surface area contributed by atoms with E-state index < -0.39 is 23.8 Å². The first kappa shape index (κ1) is 21.5. The number of imide groups is 2. The van der Waals surface area contributed by atoms with Gasteiger partial charge in [-0.2, -0.15) is 0 Å². The van der Waals surface area contributed by atoms with Crippen LogP contribution in [0.4, 0.5) is 0 Å². The number of hydrogen-bond donors (Lipinski definition) is 1. The number of piperidine rings is 1. The van der Waals surface area contributed by atoms with E-state index in [2.05, 4.69) is 31.0 Å². The third-order valence-electron chi connectivity index (χ3n) is 6.40. The Balaban J connectivity index is 1.42. The van der Waals surface area contributed by atoms with Gasteiger partial charge in [-0.3, -0.25) is 34.3 Å². The molecule has 1 aliphatic carbocycles. The molecule has 4 rings (SSSR count). The fourth-order valence-electron chi connectivity index (χ4n) is 4.74. The molecule has 0 spiro atoms. The summed E-state index contributed by atoms with van der Waals surface area (Å²) in [5.41, 5.74) is 0.514. The molecule has 2 aliphatic heterocycles. The summed E-state index contributed by atoms with van der Waals surface area (Å²) >= 11 is 0. The van der Waals surface area contributed by atoms with Crippen molar-refractivity contribution < 1.29 is 23.9 Å². The first-order valence-electron chi connectivity index (χ1n) is 11.1. The number of rotatable bonds is 7. The molecule has 0 bridgehead atoms. The Morgan fingerprint density at radius 2 is 1.84 bits per heavy atom. The third kappa shape index (κ3) is 3.96. The molecule has 0 radical (unpaired) electrons. The van der Waals surface area contributed by atoms with Crippen LogP contribution in [-0.4, -0.2) is 64.2 Å². The van der Waals surface area contributed by atoms with Crippen LogP contribution in [0.15, 0.2) is 18.2 Å². The minimum atomic E-state index is -0.956. The quantitative estimate of drug-likeness (QED) is 0.670. The van der Waals surface area contributed by atoms with E-state index in [1.165, 1.54) is 0 Å². The first-order valence-corrected chi connectivity index (χ1v) is 11.1. The molecule has 2 fully saturated rings. The average molecular weight is 428 g/mol. The van der Waals surface area contributed by atoms with Crippen LogP contribution in [0.1, 0.15) is 73.6 Å². The maximum Gasteiger partial charge on any atom is 0.262 e. The Morgan fingerprint density at radius 3 is 2.48 bits per heavy atom. The SMILES string of the molecule is CCCN(C(C)C)C1CC(Oc2ccc3c(c2)C(=O)N(C2CCC(=O)NC2=O)C3=O)C1. The van der Waals surface area contributed by atoms with Crippen molar-refractivity contribution in [3.8, 4) is 5.75 Å². The second kappa shape index (κ2) is 8.42. The summed E-state index contributed by atoms with van der Waals surface area (Å²) in [6.45, 7) is 7.67. The number of carbonyl (C=O) groups is 4. The number of carbonyl (C=O) groups excluding carboxylic acids is 4. The first-order chi connectivity index (χ1) is 14.8. The van der Waals surface area contributed by atoms with Crippen LogP contribution in [0, 0.1) is 0 Å². The number of nitrogens with one attached hydrogen (secondary N) is 1. The number of nitrogens with zero attached hydrogens (tertiary/aromatic N) is 2. The predicted molar refractivity (Wildman–Crippen MR) is 113 cm³/mol. The minimum Gasteiger partial charge on any atom is -0.490 e. The van der Waals surface area contributed by atoms with Crippen molar-refractivity contribution in [1.82, 2.24) is 15.1 Å². The maximum atomic E-state index is 12.9. The van der Waals surface area contributed by atoms with Crippen LogP contribution in [0.25, 0.3) is 0 Å². The smallest absolute Gasteiger partial charge is 0.262 e. The Labute approximate surface area is 181 Å². The van der Waals surface area contributed by atoms with E-state index >= 15 is 0 Å². The zero-order valence-electron chi connectivity index (χ0n) is 18.2. The van der Waals surface area contributed by atoms with Gasteiger partial charge < -0.3 is 4.74 Å². The van der Waals surface area contributed by atoms with Crippen molar-refractivity contribution in [3.05, 3.63) is 29.3 Å². The fourth-order valence-corrected chi connectivity index (χ4v) is 4.74. The summed E-state index contributed by atoms with van der Waals surface area (Å²) in [6.07, 6.45) is 3.32. The van der Waals surface area contributed by atoms with Crippen LogP contribution in [0.2, 0.25) is 0 Å². The zero-order valence-corrected chi connectivity index (χ0v) is 18.2. The highest BCUT2D eigenvalue weighted by molar-refractivity contribution is 6.23. The number of benzene rings is 1. The molecule has 8 nitrogen and oxygen atoms in total. The molecule has 1 atom stereocenters. The molecule has 8 heteroatoms. The fraction of sp³-hybridized carbons (Fsp3) is 0.565. The van der Waals surface area contributed by atoms with Gasteiger partial charge in [0.2, 0.25) is 11.8 Å². The maximum absolute atomic E-state index is 12.9. The van der Waals surface area contributed by atoms with Gasteiger partial charge in [0.1, 0.15) is 17.9 Å². The molecule has 0 aromatic heterocycles. The highest BCUT2D eigenvalue weighted by Crippen LogP contribution is 2.34. The molecular weight excluding hydrogens is 398 g/mol. The summed E-state index contributed by atoms with van der Waals surface area (Å²) in [4.78, 5) is 52.7. The lowest BCUT2D eigenvalue weighted by molar-refractivity contribution is -0.136. The number of ether oxygens (including phenoxy) is 1. The Kier molecular flexibility index (Phi) is 5.83. The molecular formula is C23H29N3O5. The molecule has 4 amide bonds. The van der Waals surface area contributed by atoms with Gasteiger partial charge >= 0.3 is 0 Å². The summed E-state index contributed by atoms with van der Waals surface area (Å²) in [5.74, 6) is -1.45. The largest absolute Gasteiger partial charge is 0.490 e. The lowest BCUT2D eigenvalue weighted by atomic mass is 9.86. The van der Waals surface area contributed by atoms with Crippen molar-refractivity contribution in [2.24, 2.45) is 0 Å². The average Bonchev–Trinajstić information content (AvgIpc) is 2.93. The van der Waals surface area contributed by atoms with E-state index in [0.717, 1.165) is 30.7 Å². The van der Waals surface area contributed by atoms with Gasteiger partial charge in [-0.15, -0.1) is 0 Å². The van der Waals surface area contributed by atoms with Crippen molar-refractivity contribution in [1.29, 1.82) is 0 Å². The lowest BCUT2D eigenvalue weighted by Crippen LogP contribution is -2.54. The Hall–Kier alpha value is -2.74. The molecule has 1 aromatic carbocycles. The molecule has 1 saturated heterocycles. The topological polar surface area (TPSA) is 96.0 Å². The molecule has 31 heavy (non-hydrogen) atoms. The van der Waals surface area contributed by atoms with Gasteiger partial charge in [-0.1, -0.05) is 6.92 Å². The molecule has 1 aromatic rings. The minimum absolute atomic E-state index is 0.0830. The number of fused-ring (bicyclic) bond motifs is 1. The van der Waals surface area contributed by atoms with Gasteiger partial charge in [0, 0.05) is 31.3 Å².